The number of furan rings is 1. The van der Waals surface area contributed by atoms with Crippen molar-refractivity contribution in [3.05, 3.63) is 114 Å². The van der Waals surface area contributed by atoms with Gasteiger partial charge in [0.15, 0.2) is 17.5 Å². The summed E-state index contributed by atoms with van der Waals surface area (Å²) >= 11 is 0. The number of aromatic nitrogens is 3. The molecule has 4 fully saturated rings. The lowest BCUT2D eigenvalue weighted by Crippen LogP contribution is -2.48. The van der Waals surface area contributed by atoms with Crippen molar-refractivity contribution in [3.8, 4) is 40.2 Å². The molecule has 0 unspecified atom stereocenters. The van der Waals surface area contributed by atoms with Crippen LogP contribution >= 0.6 is 0 Å². The highest BCUT2D eigenvalue weighted by Gasteiger charge is 2.51. The molecule has 0 aliphatic heterocycles. The summed E-state index contributed by atoms with van der Waals surface area (Å²) in [6.45, 7) is 0. The van der Waals surface area contributed by atoms with Gasteiger partial charge in [-0.1, -0.05) is 72.8 Å². The van der Waals surface area contributed by atoms with E-state index in [0.717, 1.165) is 56.2 Å². The SMILES string of the molecule is N#Cc1ccc2oc3c(-c4nc(-c5ccc(C67CC8CC(CC(C8)C6)C7)cc5)nc(-c5ccc6ccccc6c5)n4)cccc3c2c1. The second kappa shape index (κ2) is 10.1. The largest absolute Gasteiger partial charge is 0.455 e. The molecule has 0 spiro atoms. The quantitative estimate of drug-likeness (QED) is 0.199. The minimum atomic E-state index is 0.343. The van der Waals surface area contributed by atoms with Crippen LogP contribution in [0.1, 0.15) is 49.7 Å². The third kappa shape index (κ3) is 4.32. The van der Waals surface area contributed by atoms with E-state index >= 15 is 0 Å². The van der Waals surface area contributed by atoms with E-state index < -0.39 is 0 Å². The predicted molar refractivity (Wildman–Crippen MR) is 185 cm³/mol. The summed E-state index contributed by atoms with van der Waals surface area (Å²) < 4.78 is 6.41. The van der Waals surface area contributed by atoms with Crippen molar-refractivity contribution in [2.45, 2.75) is 43.9 Å². The van der Waals surface area contributed by atoms with E-state index in [4.69, 9.17) is 19.4 Å². The number of rotatable bonds is 4. The molecule has 11 rings (SSSR count). The summed E-state index contributed by atoms with van der Waals surface area (Å²) in [7, 11) is 0. The average molecular weight is 609 g/mol. The van der Waals surface area contributed by atoms with Crippen molar-refractivity contribution in [3.63, 3.8) is 0 Å². The Balaban J connectivity index is 1.12. The lowest BCUT2D eigenvalue weighted by Gasteiger charge is -2.57. The van der Waals surface area contributed by atoms with Gasteiger partial charge in [-0.15, -0.1) is 0 Å². The van der Waals surface area contributed by atoms with E-state index in [1.165, 1.54) is 49.5 Å². The van der Waals surface area contributed by atoms with Crippen LogP contribution in [-0.2, 0) is 5.41 Å². The Hall–Kier alpha value is -5.34. The van der Waals surface area contributed by atoms with Crippen LogP contribution in [0.5, 0.6) is 0 Å². The lowest BCUT2D eigenvalue weighted by atomic mass is 9.48. The molecule has 4 saturated carbocycles. The van der Waals surface area contributed by atoms with Gasteiger partial charge in [-0.2, -0.15) is 5.26 Å². The van der Waals surface area contributed by atoms with Crippen LogP contribution < -0.4 is 0 Å². The molecule has 4 bridgehead atoms. The Labute approximate surface area is 272 Å². The Bertz CT molecular complexity index is 2380. The zero-order chi connectivity index (χ0) is 31.1. The molecular weight excluding hydrogens is 576 g/mol. The predicted octanol–water partition coefficient (Wildman–Crippen LogP) is 10.3. The van der Waals surface area contributed by atoms with Crippen LogP contribution in [0.3, 0.4) is 0 Å². The first kappa shape index (κ1) is 26.8. The second-order valence-corrected chi connectivity index (χ2v) is 14.3. The van der Waals surface area contributed by atoms with Crippen molar-refractivity contribution in [1.29, 1.82) is 5.26 Å². The lowest BCUT2D eigenvalue weighted by molar-refractivity contribution is -0.00518. The van der Waals surface area contributed by atoms with Crippen LogP contribution in [0, 0.1) is 29.1 Å². The first-order valence-electron chi connectivity index (χ1n) is 16.8. The first-order valence-corrected chi connectivity index (χ1v) is 16.8. The maximum absolute atomic E-state index is 9.52. The monoisotopic (exact) mass is 608 g/mol. The van der Waals surface area contributed by atoms with Gasteiger partial charge in [0, 0.05) is 21.9 Å². The van der Waals surface area contributed by atoms with Crippen LogP contribution in [-0.4, -0.2) is 15.0 Å². The molecule has 226 valence electrons. The van der Waals surface area contributed by atoms with Gasteiger partial charge >= 0.3 is 0 Å². The highest BCUT2D eigenvalue weighted by atomic mass is 16.3. The zero-order valence-electron chi connectivity index (χ0n) is 26.0. The van der Waals surface area contributed by atoms with E-state index in [9.17, 15) is 5.26 Å². The Morgan fingerprint density at radius 2 is 1.30 bits per heavy atom. The molecule has 7 aromatic rings. The zero-order valence-corrected chi connectivity index (χ0v) is 26.0. The number of hydrogen-bond donors (Lipinski definition) is 0. The molecule has 5 heteroatoms. The van der Waals surface area contributed by atoms with E-state index in [1.54, 1.807) is 6.07 Å². The average Bonchev–Trinajstić information content (AvgIpc) is 3.49. The van der Waals surface area contributed by atoms with E-state index in [1.807, 2.05) is 30.3 Å². The number of hydrogen-bond acceptors (Lipinski definition) is 5. The summed E-state index contributed by atoms with van der Waals surface area (Å²) in [5.74, 6) is 4.56. The van der Waals surface area contributed by atoms with E-state index in [-0.39, 0.29) is 0 Å². The van der Waals surface area contributed by atoms with Gasteiger partial charge in [-0.25, -0.2) is 15.0 Å². The maximum Gasteiger partial charge on any atom is 0.167 e. The van der Waals surface area contributed by atoms with Crippen molar-refractivity contribution in [2.75, 3.05) is 0 Å². The van der Waals surface area contributed by atoms with Crippen molar-refractivity contribution < 1.29 is 4.42 Å². The Morgan fingerprint density at radius 3 is 2.04 bits per heavy atom. The summed E-state index contributed by atoms with van der Waals surface area (Å²) in [5.41, 5.74) is 6.60. The molecule has 4 aliphatic carbocycles. The molecule has 4 aliphatic rings. The molecule has 0 saturated heterocycles. The van der Waals surface area contributed by atoms with Crippen molar-refractivity contribution in [2.24, 2.45) is 17.8 Å². The van der Waals surface area contributed by atoms with Gasteiger partial charge in [0.25, 0.3) is 0 Å². The van der Waals surface area contributed by atoms with Gasteiger partial charge in [0.2, 0.25) is 0 Å². The molecule has 0 radical (unpaired) electrons. The third-order valence-electron chi connectivity index (χ3n) is 11.3. The highest BCUT2D eigenvalue weighted by molar-refractivity contribution is 6.09. The molecule has 0 atom stereocenters. The standard InChI is InChI=1S/C42H32N4O/c43-24-25-8-15-37-36(19-25)34-6-3-7-35(38(34)47-37)41-45-39(44-40(46-41)32-10-9-29-4-1-2-5-31(29)20-32)30-11-13-33(14-12-30)42-21-26-16-27(22-42)18-28(17-26)23-42/h1-15,19-20,26-28H,16-18,21-23H2. The maximum atomic E-state index is 9.52. The molecular formula is C42H32N4O. The second-order valence-electron chi connectivity index (χ2n) is 14.3. The Morgan fingerprint density at radius 1 is 0.617 bits per heavy atom. The molecule has 0 N–H and O–H groups in total. The summed E-state index contributed by atoms with van der Waals surface area (Å²) in [4.78, 5) is 15.3. The molecule has 5 nitrogen and oxygen atoms in total. The normalized spacial score (nSPS) is 23.1. The fraction of sp³-hybridized carbons (Fsp3) is 0.238. The van der Waals surface area contributed by atoms with Gasteiger partial charge in [0.05, 0.1) is 17.2 Å². The van der Waals surface area contributed by atoms with E-state index in [2.05, 4.69) is 72.8 Å². The van der Waals surface area contributed by atoms with Crippen LogP contribution in [0.4, 0.5) is 0 Å². The van der Waals surface area contributed by atoms with Crippen LogP contribution in [0.25, 0.3) is 66.9 Å². The molecule has 0 amide bonds. The number of para-hydroxylation sites is 1. The summed E-state index contributed by atoms with van der Waals surface area (Å²) in [6, 6.07) is 37.7. The minimum Gasteiger partial charge on any atom is -0.455 e. The summed E-state index contributed by atoms with van der Waals surface area (Å²) in [6.07, 6.45) is 8.37. The fourth-order valence-electron chi connectivity index (χ4n) is 9.56. The summed E-state index contributed by atoms with van der Waals surface area (Å²) in [5, 5.41) is 13.7. The molecule has 2 heterocycles. The number of fused-ring (bicyclic) bond motifs is 4. The van der Waals surface area contributed by atoms with Crippen LogP contribution in [0.2, 0.25) is 0 Å². The first-order chi connectivity index (χ1) is 23.1. The van der Waals surface area contributed by atoms with Crippen molar-refractivity contribution >= 4 is 32.7 Å². The molecule has 5 aromatic carbocycles. The number of nitriles is 1. The van der Waals surface area contributed by atoms with Gasteiger partial charge in [-0.3, -0.25) is 0 Å². The molecule has 2 aromatic heterocycles. The van der Waals surface area contributed by atoms with Gasteiger partial charge < -0.3 is 4.42 Å². The minimum absolute atomic E-state index is 0.343. The van der Waals surface area contributed by atoms with Crippen molar-refractivity contribution in [1.82, 2.24) is 15.0 Å². The third-order valence-corrected chi connectivity index (χ3v) is 11.3. The fourth-order valence-corrected chi connectivity index (χ4v) is 9.56. The number of nitrogens with zero attached hydrogens (tertiary/aromatic N) is 4. The van der Waals surface area contributed by atoms with Gasteiger partial charge in [0.1, 0.15) is 11.2 Å². The molecule has 47 heavy (non-hydrogen) atoms. The smallest absolute Gasteiger partial charge is 0.167 e. The topological polar surface area (TPSA) is 75.6 Å². The highest BCUT2D eigenvalue weighted by Crippen LogP contribution is 2.60. The van der Waals surface area contributed by atoms with E-state index in [0.29, 0.717) is 34.0 Å². The Kier molecular flexibility index (Phi) is 5.75. The van der Waals surface area contributed by atoms with Crippen LogP contribution in [0.15, 0.2) is 108 Å². The number of benzene rings is 5. The van der Waals surface area contributed by atoms with Gasteiger partial charge in [-0.05, 0) is 108 Å².